The Morgan fingerprint density at radius 1 is 1.25 bits per heavy atom. The van der Waals surface area contributed by atoms with Crippen LogP contribution in [0, 0.1) is 11.8 Å². The van der Waals surface area contributed by atoms with Gasteiger partial charge in [0, 0.05) is 12.0 Å². The fourth-order valence-corrected chi connectivity index (χ4v) is 3.18. The van der Waals surface area contributed by atoms with E-state index in [4.69, 9.17) is 9.47 Å². The van der Waals surface area contributed by atoms with Crippen molar-refractivity contribution in [3.63, 3.8) is 0 Å². The molecule has 2 atom stereocenters. The second kappa shape index (κ2) is 5.28. The van der Waals surface area contributed by atoms with E-state index in [0.717, 1.165) is 30.5 Å². The summed E-state index contributed by atoms with van der Waals surface area (Å²) in [4.78, 5) is 0. The second-order valence-electron chi connectivity index (χ2n) is 6.64. The maximum absolute atomic E-state index is 5.72. The van der Waals surface area contributed by atoms with Crippen LogP contribution in [0.1, 0.15) is 32.8 Å². The molecule has 1 aliphatic carbocycles. The summed E-state index contributed by atoms with van der Waals surface area (Å²) in [6.45, 7) is 10.3. The quantitative estimate of drug-likeness (QED) is 0.896. The van der Waals surface area contributed by atoms with Crippen molar-refractivity contribution in [2.75, 3.05) is 26.3 Å². The van der Waals surface area contributed by atoms with Crippen molar-refractivity contribution in [1.29, 1.82) is 0 Å². The number of rotatable bonds is 5. The molecule has 1 aliphatic heterocycles. The van der Waals surface area contributed by atoms with Crippen LogP contribution in [0.15, 0.2) is 18.2 Å². The van der Waals surface area contributed by atoms with Crippen LogP contribution >= 0.6 is 0 Å². The molecule has 0 aromatic heterocycles. The molecular formula is C17H25NO2. The minimum Gasteiger partial charge on any atom is -0.486 e. The van der Waals surface area contributed by atoms with Gasteiger partial charge < -0.3 is 14.8 Å². The Kier molecular flexibility index (Phi) is 3.63. The molecule has 3 nitrogen and oxygen atoms in total. The molecule has 1 heterocycles. The van der Waals surface area contributed by atoms with Gasteiger partial charge in [0.05, 0.1) is 0 Å². The summed E-state index contributed by atoms with van der Waals surface area (Å²) >= 11 is 0. The van der Waals surface area contributed by atoms with Crippen molar-refractivity contribution < 1.29 is 9.47 Å². The SMILES string of the molecule is CC(C)CNCC1(c2ccc3c(c2)OCCO3)CC1C. The van der Waals surface area contributed by atoms with Gasteiger partial charge in [0.1, 0.15) is 13.2 Å². The largest absolute Gasteiger partial charge is 0.486 e. The third kappa shape index (κ3) is 2.51. The van der Waals surface area contributed by atoms with Crippen LogP contribution < -0.4 is 14.8 Å². The van der Waals surface area contributed by atoms with Gasteiger partial charge in [0.25, 0.3) is 0 Å². The van der Waals surface area contributed by atoms with Crippen LogP contribution in [-0.2, 0) is 5.41 Å². The normalized spacial score (nSPS) is 27.7. The molecule has 2 aliphatic rings. The predicted octanol–water partition coefficient (Wildman–Crippen LogP) is 2.98. The molecular weight excluding hydrogens is 250 g/mol. The molecule has 0 amide bonds. The van der Waals surface area contributed by atoms with Crippen LogP contribution in [0.4, 0.5) is 0 Å². The number of hydrogen-bond acceptors (Lipinski definition) is 3. The zero-order valence-corrected chi connectivity index (χ0v) is 12.7. The lowest BCUT2D eigenvalue weighted by atomic mass is 9.92. The monoisotopic (exact) mass is 275 g/mol. The van der Waals surface area contributed by atoms with Crippen molar-refractivity contribution in [2.24, 2.45) is 11.8 Å². The standard InChI is InChI=1S/C17H25NO2/c1-12(2)10-18-11-17(9-13(17)3)14-4-5-15-16(8-14)20-7-6-19-15/h4-5,8,12-13,18H,6-7,9-11H2,1-3H3. The first-order valence-electron chi connectivity index (χ1n) is 7.73. The smallest absolute Gasteiger partial charge is 0.161 e. The summed E-state index contributed by atoms with van der Waals surface area (Å²) in [6.07, 6.45) is 1.26. The molecule has 1 N–H and O–H groups in total. The molecule has 1 fully saturated rings. The van der Waals surface area contributed by atoms with E-state index in [1.807, 2.05) is 0 Å². The lowest BCUT2D eigenvalue weighted by molar-refractivity contribution is 0.171. The summed E-state index contributed by atoms with van der Waals surface area (Å²) in [7, 11) is 0. The molecule has 0 spiro atoms. The van der Waals surface area contributed by atoms with E-state index >= 15 is 0 Å². The maximum atomic E-state index is 5.72. The number of ether oxygens (including phenoxy) is 2. The summed E-state index contributed by atoms with van der Waals surface area (Å²) in [6, 6.07) is 6.47. The van der Waals surface area contributed by atoms with Crippen LogP contribution in [-0.4, -0.2) is 26.3 Å². The van der Waals surface area contributed by atoms with E-state index in [9.17, 15) is 0 Å². The Morgan fingerprint density at radius 3 is 2.60 bits per heavy atom. The summed E-state index contributed by atoms with van der Waals surface area (Å²) < 4.78 is 11.3. The molecule has 1 aromatic carbocycles. The van der Waals surface area contributed by atoms with E-state index in [-0.39, 0.29) is 0 Å². The molecule has 110 valence electrons. The van der Waals surface area contributed by atoms with Crippen LogP contribution in [0.3, 0.4) is 0 Å². The zero-order chi connectivity index (χ0) is 14.2. The first kappa shape index (κ1) is 13.7. The number of fused-ring (bicyclic) bond motifs is 1. The summed E-state index contributed by atoms with van der Waals surface area (Å²) in [5, 5.41) is 3.62. The Bertz CT molecular complexity index is 486. The molecule has 0 bridgehead atoms. The summed E-state index contributed by atoms with van der Waals surface area (Å²) in [5.41, 5.74) is 1.69. The van der Waals surface area contributed by atoms with Crippen LogP contribution in [0.2, 0.25) is 0 Å². The number of nitrogens with one attached hydrogen (secondary N) is 1. The van der Waals surface area contributed by atoms with Gasteiger partial charge in [-0.05, 0) is 42.5 Å². The van der Waals surface area contributed by atoms with Gasteiger partial charge >= 0.3 is 0 Å². The highest BCUT2D eigenvalue weighted by Crippen LogP contribution is 2.54. The molecule has 2 unspecified atom stereocenters. The van der Waals surface area contributed by atoms with Crippen molar-refractivity contribution >= 4 is 0 Å². The van der Waals surface area contributed by atoms with E-state index < -0.39 is 0 Å². The third-order valence-corrected chi connectivity index (χ3v) is 4.56. The third-order valence-electron chi connectivity index (χ3n) is 4.56. The average Bonchev–Trinajstić information content (AvgIpc) is 3.09. The van der Waals surface area contributed by atoms with Crippen LogP contribution in [0.25, 0.3) is 0 Å². The van der Waals surface area contributed by atoms with Gasteiger partial charge in [-0.15, -0.1) is 0 Å². The number of hydrogen-bond donors (Lipinski definition) is 1. The lowest BCUT2D eigenvalue weighted by Gasteiger charge is -2.23. The van der Waals surface area contributed by atoms with E-state index in [1.165, 1.54) is 12.0 Å². The van der Waals surface area contributed by atoms with Gasteiger partial charge in [-0.1, -0.05) is 26.8 Å². The minimum absolute atomic E-state index is 0.296. The first-order chi connectivity index (χ1) is 9.62. The predicted molar refractivity (Wildman–Crippen MR) is 80.6 cm³/mol. The second-order valence-corrected chi connectivity index (χ2v) is 6.64. The molecule has 20 heavy (non-hydrogen) atoms. The average molecular weight is 275 g/mol. The molecule has 1 saturated carbocycles. The molecule has 0 radical (unpaired) electrons. The lowest BCUT2D eigenvalue weighted by Crippen LogP contribution is -2.31. The van der Waals surface area contributed by atoms with Gasteiger partial charge in [-0.25, -0.2) is 0 Å². The Balaban J connectivity index is 1.76. The number of benzene rings is 1. The van der Waals surface area contributed by atoms with Crippen molar-refractivity contribution in [2.45, 2.75) is 32.6 Å². The van der Waals surface area contributed by atoms with E-state index in [0.29, 0.717) is 24.5 Å². The van der Waals surface area contributed by atoms with Gasteiger partial charge in [-0.3, -0.25) is 0 Å². The highest BCUT2D eigenvalue weighted by Gasteiger charge is 2.52. The van der Waals surface area contributed by atoms with E-state index in [1.54, 1.807) is 0 Å². The van der Waals surface area contributed by atoms with Gasteiger partial charge in [0.15, 0.2) is 11.5 Å². The van der Waals surface area contributed by atoms with Crippen molar-refractivity contribution in [3.8, 4) is 11.5 Å². The first-order valence-corrected chi connectivity index (χ1v) is 7.73. The highest BCUT2D eigenvalue weighted by molar-refractivity contribution is 5.48. The van der Waals surface area contributed by atoms with Gasteiger partial charge in [-0.2, -0.15) is 0 Å². The van der Waals surface area contributed by atoms with Crippen molar-refractivity contribution in [1.82, 2.24) is 5.32 Å². The van der Waals surface area contributed by atoms with Crippen molar-refractivity contribution in [3.05, 3.63) is 23.8 Å². The fraction of sp³-hybridized carbons (Fsp3) is 0.647. The topological polar surface area (TPSA) is 30.5 Å². The highest BCUT2D eigenvalue weighted by atomic mass is 16.6. The molecule has 1 aromatic rings. The van der Waals surface area contributed by atoms with Gasteiger partial charge in [0.2, 0.25) is 0 Å². The van der Waals surface area contributed by atoms with E-state index in [2.05, 4.69) is 44.3 Å². The Hall–Kier alpha value is -1.22. The van der Waals surface area contributed by atoms with Crippen LogP contribution in [0.5, 0.6) is 11.5 Å². The molecule has 0 saturated heterocycles. The summed E-state index contributed by atoms with van der Waals surface area (Å²) in [5.74, 6) is 3.24. The molecule has 3 heteroatoms. The zero-order valence-electron chi connectivity index (χ0n) is 12.7. The fourth-order valence-electron chi connectivity index (χ4n) is 3.18. The Labute approximate surface area is 121 Å². The maximum Gasteiger partial charge on any atom is 0.161 e. The minimum atomic E-state index is 0.296. The molecule has 3 rings (SSSR count). The Morgan fingerprint density at radius 2 is 1.95 bits per heavy atom.